The third-order valence-electron chi connectivity index (χ3n) is 4.97. The van der Waals surface area contributed by atoms with E-state index < -0.39 is 18.0 Å². The molecule has 6 nitrogen and oxygen atoms in total. The van der Waals surface area contributed by atoms with Gasteiger partial charge in [0.25, 0.3) is 5.91 Å². The Hall–Kier alpha value is -3.67. The van der Waals surface area contributed by atoms with Crippen molar-refractivity contribution in [1.82, 2.24) is 10.2 Å². The molecule has 1 fully saturated rings. The fourth-order valence-corrected chi connectivity index (χ4v) is 3.52. The summed E-state index contributed by atoms with van der Waals surface area (Å²) in [5, 5.41) is 5.07. The lowest BCUT2D eigenvalue weighted by Crippen LogP contribution is -2.40. The normalized spacial score (nSPS) is 14.7. The molecule has 0 bridgehead atoms. The Morgan fingerprint density at radius 1 is 0.966 bits per heavy atom. The molecule has 4 rings (SSSR count). The van der Waals surface area contributed by atoms with Gasteiger partial charge < -0.3 is 10.1 Å². The average Bonchev–Trinajstić information content (AvgIpc) is 3.06. The SMILES string of the molecule is O=C(Cc1cccc2ccccc12)N[C@H](CN1C(=O)COC1=O)c1ccccc1. The molecule has 1 N–H and O–H groups in total. The Balaban J connectivity index is 1.54. The molecule has 1 atom stereocenters. The summed E-state index contributed by atoms with van der Waals surface area (Å²) in [6.45, 7) is -0.229. The van der Waals surface area contributed by atoms with E-state index in [1.807, 2.05) is 72.8 Å². The smallest absolute Gasteiger partial charge is 0.417 e. The van der Waals surface area contributed by atoms with Crippen LogP contribution >= 0.6 is 0 Å². The zero-order valence-corrected chi connectivity index (χ0v) is 15.7. The Bertz CT molecular complexity index is 1040. The molecule has 3 aromatic carbocycles. The molecule has 3 amide bonds. The molecule has 0 aliphatic carbocycles. The molecule has 0 aromatic heterocycles. The Labute approximate surface area is 168 Å². The standard InChI is InChI=1S/C23H20N2O4/c26-21(13-18-11-6-10-16-7-4-5-12-19(16)18)24-20(17-8-2-1-3-9-17)14-25-22(27)15-29-23(25)28/h1-12,20H,13-15H2,(H,24,26)/t20-/m1/s1. The second-order valence-corrected chi connectivity index (χ2v) is 6.90. The summed E-state index contributed by atoms with van der Waals surface area (Å²) in [4.78, 5) is 37.7. The predicted molar refractivity (Wildman–Crippen MR) is 108 cm³/mol. The van der Waals surface area contributed by atoms with Crippen LogP contribution in [-0.4, -0.2) is 36.0 Å². The Kier molecular flexibility index (Phi) is 5.24. The number of amides is 3. The number of benzene rings is 3. The Morgan fingerprint density at radius 2 is 1.69 bits per heavy atom. The van der Waals surface area contributed by atoms with Gasteiger partial charge in [0, 0.05) is 0 Å². The number of cyclic esters (lactones) is 1. The van der Waals surface area contributed by atoms with Gasteiger partial charge in [-0.05, 0) is 21.9 Å². The topological polar surface area (TPSA) is 75.7 Å². The van der Waals surface area contributed by atoms with E-state index in [1.54, 1.807) is 0 Å². The number of hydrogen-bond acceptors (Lipinski definition) is 4. The van der Waals surface area contributed by atoms with E-state index in [0.29, 0.717) is 0 Å². The average molecular weight is 388 g/mol. The molecule has 0 saturated carbocycles. The molecule has 0 unspecified atom stereocenters. The van der Waals surface area contributed by atoms with Crippen LogP contribution < -0.4 is 5.32 Å². The number of carbonyl (C=O) groups excluding carboxylic acids is 3. The van der Waals surface area contributed by atoms with Crippen LogP contribution in [-0.2, 0) is 20.7 Å². The van der Waals surface area contributed by atoms with Gasteiger partial charge in [-0.1, -0.05) is 72.8 Å². The molecule has 6 heteroatoms. The quantitative estimate of drug-likeness (QED) is 0.704. The largest absolute Gasteiger partial charge is 0.439 e. The maximum atomic E-state index is 12.8. The second kappa shape index (κ2) is 8.14. The van der Waals surface area contributed by atoms with E-state index in [1.165, 1.54) is 0 Å². The summed E-state index contributed by atoms with van der Waals surface area (Å²) >= 11 is 0. The van der Waals surface area contributed by atoms with Crippen LogP contribution in [0, 0.1) is 0 Å². The van der Waals surface area contributed by atoms with E-state index in [-0.39, 0.29) is 25.5 Å². The van der Waals surface area contributed by atoms with Crippen molar-refractivity contribution in [2.75, 3.05) is 13.2 Å². The van der Waals surface area contributed by atoms with Gasteiger partial charge in [0.15, 0.2) is 6.61 Å². The summed E-state index contributed by atoms with van der Waals surface area (Å²) in [5.74, 6) is -0.588. The maximum absolute atomic E-state index is 12.8. The van der Waals surface area contributed by atoms with E-state index in [2.05, 4.69) is 5.32 Å². The summed E-state index contributed by atoms with van der Waals surface area (Å²) in [5.41, 5.74) is 1.73. The minimum absolute atomic E-state index is 0.0307. The number of ether oxygens (including phenoxy) is 1. The zero-order valence-electron chi connectivity index (χ0n) is 15.7. The third kappa shape index (κ3) is 4.11. The van der Waals surface area contributed by atoms with E-state index >= 15 is 0 Å². The van der Waals surface area contributed by atoms with Crippen LogP contribution in [0.4, 0.5) is 4.79 Å². The van der Waals surface area contributed by atoms with Gasteiger partial charge in [-0.3, -0.25) is 9.59 Å². The summed E-state index contributed by atoms with van der Waals surface area (Å²) in [6.07, 6.45) is -0.484. The highest BCUT2D eigenvalue weighted by Gasteiger charge is 2.33. The fourth-order valence-electron chi connectivity index (χ4n) is 3.52. The van der Waals surface area contributed by atoms with E-state index in [4.69, 9.17) is 4.74 Å². The molecular formula is C23H20N2O4. The first kappa shape index (κ1) is 18.7. The van der Waals surface area contributed by atoms with Crippen molar-refractivity contribution >= 4 is 28.7 Å². The molecule has 1 aliphatic rings. The summed E-state index contributed by atoms with van der Waals surface area (Å²) in [7, 11) is 0. The van der Waals surface area contributed by atoms with E-state index in [9.17, 15) is 14.4 Å². The van der Waals surface area contributed by atoms with Crippen LogP contribution in [0.15, 0.2) is 72.8 Å². The van der Waals surface area contributed by atoms with Crippen molar-refractivity contribution in [3.05, 3.63) is 83.9 Å². The number of nitrogens with one attached hydrogen (secondary N) is 1. The molecule has 1 heterocycles. The second-order valence-electron chi connectivity index (χ2n) is 6.90. The van der Waals surface area contributed by atoms with Gasteiger partial charge in [-0.2, -0.15) is 0 Å². The van der Waals surface area contributed by atoms with Crippen molar-refractivity contribution in [1.29, 1.82) is 0 Å². The molecule has 29 heavy (non-hydrogen) atoms. The number of fused-ring (bicyclic) bond motifs is 1. The van der Waals surface area contributed by atoms with Gasteiger partial charge in [0.05, 0.1) is 19.0 Å². The van der Waals surface area contributed by atoms with Crippen LogP contribution in [0.5, 0.6) is 0 Å². The number of carbonyl (C=O) groups is 3. The molecule has 146 valence electrons. The first-order chi connectivity index (χ1) is 14.1. The molecule has 1 aliphatic heterocycles. The zero-order chi connectivity index (χ0) is 20.2. The van der Waals surface area contributed by atoms with Crippen molar-refractivity contribution in [2.45, 2.75) is 12.5 Å². The lowest BCUT2D eigenvalue weighted by molar-refractivity contribution is -0.127. The van der Waals surface area contributed by atoms with Gasteiger partial charge in [-0.15, -0.1) is 0 Å². The highest BCUT2D eigenvalue weighted by atomic mass is 16.6. The van der Waals surface area contributed by atoms with Crippen molar-refractivity contribution in [3.63, 3.8) is 0 Å². The first-order valence-electron chi connectivity index (χ1n) is 9.40. The van der Waals surface area contributed by atoms with Crippen molar-refractivity contribution < 1.29 is 19.1 Å². The molecular weight excluding hydrogens is 368 g/mol. The molecule has 1 saturated heterocycles. The van der Waals surface area contributed by atoms with Crippen LogP contribution in [0.2, 0.25) is 0 Å². The molecule has 0 radical (unpaired) electrons. The minimum Gasteiger partial charge on any atom is -0.439 e. The maximum Gasteiger partial charge on any atom is 0.417 e. The molecule has 0 spiro atoms. The highest BCUT2D eigenvalue weighted by Crippen LogP contribution is 2.21. The number of nitrogens with zero attached hydrogens (tertiary/aromatic N) is 1. The number of hydrogen-bond donors (Lipinski definition) is 1. The van der Waals surface area contributed by atoms with Gasteiger partial charge in [-0.25, -0.2) is 9.69 Å². The van der Waals surface area contributed by atoms with Crippen LogP contribution in [0.3, 0.4) is 0 Å². The lowest BCUT2D eigenvalue weighted by atomic mass is 10.0. The lowest BCUT2D eigenvalue weighted by Gasteiger charge is -2.23. The van der Waals surface area contributed by atoms with Crippen LogP contribution in [0.1, 0.15) is 17.2 Å². The number of imide groups is 1. The van der Waals surface area contributed by atoms with Gasteiger partial charge >= 0.3 is 6.09 Å². The summed E-state index contributed by atoms with van der Waals surface area (Å²) in [6, 6.07) is 22.5. The summed E-state index contributed by atoms with van der Waals surface area (Å²) < 4.78 is 4.79. The van der Waals surface area contributed by atoms with Gasteiger partial charge in [0.2, 0.25) is 5.91 Å². The minimum atomic E-state index is -0.681. The first-order valence-corrected chi connectivity index (χ1v) is 9.40. The Morgan fingerprint density at radius 3 is 2.45 bits per heavy atom. The van der Waals surface area contributed by atoms with Crippen LogP contribution in [0.25, 0.3) is 10.8 Å². The van der Waals surface area contributed by atoms with Crippen molar-refractivity contribution in [3.8, 4) is 0 Å². The number of rotatable bonds is 6. The van der Waals surface area contributed by atoms with E-state index in [0.717, 1.165) is 26.8 Å². The fraction of sp³-hybridized carbons (Fsp3) is 0.174. The third-order valence-corrected chi connectivity index (χ3v) is 4.97. The van der Waals surface area contributed by atoms with Crippen molar-refractivity contribution in [2.24, 2.45) is 0 Å². The predicted octanol–water partition coefficient (Wildman–Crippen LogP) is 3.22. The van der Waals surface area contributed by atoms with Gasteiger partial charge in [0.1, 0.15) is 0 Å². The highest BCUT2D eigenvalue weighted by molar-refractivity contribution is 5.98. The molecule has 3 aromatic rings. The monoisotopic (exact) mass is 388 g/mol.